The van der Waals surface area contributed by atoms with E-state index in [1.165, 1.54) is 11.1 Å². The Morgan fingerprint density at radius 1 is 0.947 bits per heavy atom. The van der Waals surface area contributed by atoms with Gasteiger partial charge in [0, 0.05) is 19.7 Å². The molecule has 2 aromatic carbocycles. The number of hydrogen-bond donors (Lipinski definition) is 1. The summed E-state index contributed by atoms with van der Waals surface area (Å²) in [5.74, 6) is 0. The van der Waals surface area contributed by atoms with E-state index < -0.39 is 0 Å². The van der Waals surface area contributed by atoms with Gasteiger partial charge < -0.3 is 10.1 Å². The van der Waals surface area contributed by atoms with E-state index >= 15 is 0 Å². The molecule has 2 aromatic rings. The molecule has 2 unspecified atom stereocenters. The minimum atomic E-state index is 0.0740. The summed E-state index contributed by atoms with van der Waals surface area (Å²) >= 11 is 0. The fourth-order valence-electron chi connectivity index (χ4n) is 2.25. The number of methoxy groups -OCH3 is 1. The second-order valence-corrected chi connectivity index (χ2v) is 4.72. The average molecular weight is 255 g/mol. The van der Waals surface area contributed by atoms with E-state index in [-0.39, 0.29) is 12.1 Å². The first-order valence-corrected chi connectivity index (χ1v) is 6.66. The van der Waals surface area contributed by atoms with Crippen molar-refractivity contribution in [2.24, 2.45) is 0 Å². The van der Waals surface area contributed by atoms with E-state index in [4.69, 9.17) is 4.74 Å². The Morgan fingerprint density at radius 3 is 2.11 bits per heavy atom. The molecule has 2 nitrogen and oxygen atoms in total. The van der Waals surface area contributed by atoms with Gasteiger partial charge in [0.05, 0.1) is 6.10 Å². The molecular weight excluding hydrogens is 234 g/mol. The van der Waals surface area contributed by atoms with Gasteiger partial charge in [-0.05, 0) is 18.1 Å². The fraction of sp³-hybridized carbons (Fsp3) is 0.294. The Morgan fingerprint density at radius 2 is 1.53 bits per heavy atom. The summed E-state index contributed by atoms with van der Waals surface area (Å²) in [6.45, 7) is 3.01. The van der Waals surface area contributed by atoms with Crippen molar-refractivity contribution in [1.29, 1.82) is 0 Å². The van der Waals surface area contributed by atoms with Gasteiger partial charge in [-0.25, -0.2) is 0 Å². The molecule has 0 aliphatic carbocycles. The first kappa shape index (κ1) is 13.8. The third-order valence-corrected chi connectivity index (χ3v) is 3.31. The van der Waals surface area contributed by atoms with E-state index in [0.29, 0.717) is 0 Å². The first-order chi connectivity index (χ1) is 9.31. The summed E-state index contributed by atoms with van der Waals surface area (Å²) < 4.78 is 5.62. The summed E-state index contributed by atoms with van der Waals surface area (Å²) in [4.78, 5) is 0. The van der Waals surface area contributed by atoms with Crippen LogP contribution in [-0.4, -0.2) is 13.2 Å². The molecule has 0 aromatic heterocycles. The van der Waals surface area contributed by atoms with Gasteiger partial charge in [0.1, 0.15) is 0 Å². The lowest BCUT2D eigenvalue weighted by Crippen LogP contribution is -2.32. The van der Waals surface area contributed by atoms with Gasteiger partial charge in [-0.15, -0.1) is 0 Å². The molecular formula is C17H21NO. The highest BCUT2D eigenvalue weighted by atomic mass is 16.5. The van der Waals surface area contributed by atoms with E-state index in [0.717, 1.165) is 6.54 Å². The average Bonchev–Trinajstić information content (AvgIpc) is 2.48. The summed E-state index contributed by atoms with van der Waals surface area (Å²) in [7, 11) is 1.76. The van der Waals surface area contributed by atoms with Crippen LogP contribution in [0, 0.1) is 0 Å². The lowest BCUT2D eigenvalue weighted by atomic mass is 10.0. The van der Waals surface area contributed by atoms with Crippen LogP contribution in [0.5, 0.6) is 0 Å². The molecule has 0 spiro atoms. The van der Waals surface area contributed by atoms with Crippen molar-refractivity contribution in [3.63, 3.8) is 0 Å². The maximum Gasteiger partial charge on any atom is 0.0971 e. The third kappa shape index (κ3) is 3.91. The Labute approximate surface area is 115 Å². The van der Waals surface area contributed by atoms with Gasteiger partial charge >= 0.3 is 0 Å². The molecule has 2 rings (SSSR count). The molecule has 0 fully saturated rings. The van der Waals surface area contributed by atoms with Crippen molar-refractivity contribution < 1.29 is 4.74 Å². The Bertz CT molecular complexity index is 469. The predicted molar refractivity (Wildman–Crippen MR) is 78.9 cm³/mol. The van der Waals surface area contributed by atoms with Crippen LogP contribution in [0.25, 0.3) is 0 Å². The maximum absolute atomic E-state index is 5.62. The largest absolute Gasteiger partial charge is 0.375 e. The van der Waals surface area contributed by atoms with Crippen molar-refractivity contribution in [3.05, 3.63) is 71.8 Å². The van der Waals surface area contributed by atoms with Gasteiger partial charge in [0.2, 0.25) is 0 Å². The predicted octanol–water partition coefficient (Wildman–Crippen LogP) is 3.55. The molecule has 0 amide bonds. The van der Waals surface area contributed by atoms with Gasteiger partial charge in [-0.3, -0.25) is 0 Å². The van der Waals surface area contributed by atoms with Crippen LogP contribution < -0.4 is 5.32 Å². The van der Waals surface area contributed by atoms with Crippen molar-refractivity contribution >= 4 is 0 Å². The molecule has 1 N–H and O–H groups in total. The molecule has 0 saturated heterocycles. The molecule has 0 heterocycles. The second kappa shape index (κ2) is 7.07. The standard InChI is InChI=1S/C17H21NO/c1-14(18-13-15-9-5-3-6-10-15)17(19-2)16-11-7-4-8-12-16/h3-12,14,17-18H,13H2,1-2H3. The molecule has 0 aliphatic heterocycles. The van der Waals surface area contributed by atoms with E-state index in [1.54, 1.807) is 7.11 Å². The van der Waals surface area contributed by atoms with E-state index in [1.807, 2.05) is 24.3 Å². The minimum absolute atomic E-state index is 0.0740. The normalized spacial score (nSPS) is 14.0. The topological polar surface area (TPSA) is 21.3 Å². The van der Waals surface area contributed by atoms with Crippen LogP contribution in [0.1, 0.15) is 24.2 Å². The van der Waals surface area contributed by atoms with Gasteiger partial charge in [0.25, 0.3) is 0 Å². The SMILES string of the molecule is COC(c1ccccc1)C(C)NCc1ccccc1. The van der Waals surface area contributed by atoms with Crippen LogP contribution in [0.15, 0.2) is 60.7 Å². The quantitative estimate of drug-likeness (QED) is 0.852. The molecule has 2 atom stereocenters. The van der Waals surface area contributed by atoms with E-state index in [9.17, 15) is 0 Å². The van der Waals surface area contributed by atoms with Gasteiger partial charge in [-0.2, -0.15) is 0 Å². The number of nitrogens with one attached hydrogen (secondary N) is 1. The summed E-state index contributed by atoms with van der Waals surface area (Å²) in [6.07, 6.45) is 0.0740. The fourth-order valence-corrected chi connectivity index (χ4v) is 2.25. The van der Waals surface area contributed by atoms with Crippen LogP contribution in [-0.2, 0) is 11.3 Å². The van der Waals surface area contributed by atoms with Crippen LogP contribution in [0.2, 0.25) is 0 Å². The highest BCUT2D eigenvalue weighted by molar-refractivity contribution is 5.19. The summed E-state index contributed by atoms with van der Waals surface area (Å²) in [6, 6.07) is 21.0. The van der Waals surface area contributed by atoms with Gasteiger partial charge in [-0.1, -0.05) is 60.7 Å². The lowest BCUT2D eigenvalue weighted by molar-refractivity contribution is 0.0730. The minimum Gasteiger partial charge on any atom is -0.375 e. The van der Waals surface area contributed by atoms with Crippen molar-refractivity contribution in [2.75, 3.05) is 7.11 Å². The van der Waals surface area contributed by atoms with E-state index in [2.05, 4.69) is 48.6 Å². The molecule has 100 valence electrons. The van der Waals surface area contributed by atoms with Crippen molar-refractivity contribution in [3.8, 4) is 0 Å². The maximum atomic E-state index is 5.62. The molecule has 19 heavy (non-hydrogen) atoms. The number of hydrogen-bond acceptors (Lipinski definition) is 2. The zero-order valence-corrected chi connectivity index (χ0v) is 11.5. The highest BCUT2D eigenvalue weighted by Gasteiger charge is 2.17. The molecule has 2 heteroatoms. The zero-order valence-electron chi connectivity index (χ0n) is 11.5. The number of ether oxygens (including phenoxy) is 1. The Kier molecular flexibility index (Phi) is 5.13. The van der Waals surface area contributed by atoms with Gasteiger partial charge in [0.15, 0.2) is 0 Å². The number of benzene rings is 2. The first-order valence-electron chi connectivity index (χ1n) is 6.66. The summed E-state index contributed by atoms with van der Waals surface area (Å²) in [5, 5.41) is 3.52. The Balaban J connectivity index is 1.96. The smallest absolute Gasteiger partial charge is 0.0971 e. The monoisotopic (exact) mass is 255 g/mol. The number of rotatable bonds is 6. The Hall–Kier alpha value is -1.64. The summed E-state index contributed by atoms with van der Waals surface area (Å²) in [5.41, 5.74) is 2.50. The van der Waals surface area contributed by atoms with Crippen LogP contribution >= 0.6 is 0 Å². The van der Waals surface area contributed by atoms with Crippen molar-refractivity contribution in [1.82, 2.24) is 5.32 Å². The molecule has 0 radical (unpaired) electrons. The third-order valence-electron chi connectivity index (χ3n) is 3.31. The highest BCUT2D eigenvalue weighted by Crippen LogP contribution is 2.20. The molecule has 0 aliphatic rings. The second-order valence-electron chi connectivity index (χ2n) is 4.72. The molecule has 0 bridgehead atoms. The van der Waals surface area contributed by atoms with Crippen LogP contribution in [0.3, 0.4) is 0 Å². The molecule has 0 saturated carbocycles. The van der Waals surface area contributed by atoms with Crippen molar-refractivity contribution in [2.45, 2.75) is 25.6 Å². The van der Waals surface area contributed by atoms with Crippen LogP contribution in [0.4, 0.5) is 0 Å². The zero-order chi connectivity index (χ0) is 13.5. The lowest BCUT2D eigenvalue weighted by Gasteiger charge is -2.24.